The van der Waals surface area contributed by atoms with Crippen LogP contribution in [0.25, 0.3) is 9.69 Å². The Balaban J connectivity index is 0.000000157. The van der Waals surface area contributed by atoms with E-state index >= 15 is 0 Å². The summed E-state index contributed by atoms with van der Waals surface area (Å²) in [6.45, 7) is 15.4. The summed E-state index contributed by atoms with van der Waals surface area (Å²) in [7, 11) is -1.10. The molecule has 18 N–H and O–H groups in total. The molecule has 5 fully saturated rings. The number of nitrogens with zero attached hydrogens (tertiary/aromatic N) is 10. The van der Waals surface area contributed by atoms with Crippen LogP contribution in [0.4, 0.5) is 55.3 Å². The highest BCUT2D eigenvalue weighted by Gasteiger charge is 2.73. The molecule has 0 radical (unpaired) electrons. The minimum absolute atomic E-state index is 0.0215. The van der Waals surface area contributed by atoms with Crippen LogP contribution in [0.1, 0.15) is 114 Å². The Morgan fingerprint density at radius 3 is 0.970 bits per heavy atom. The van der Waals surface area contributed by atoms with Crippen LogP contribution in [0.15, 0.2) is 166 Å². The maximum Gasteiger partial charge on any atom is 0.218 e. The Labute approximate surface area is 820 Å². The van der Waals surface area contributed by atoms with Crippen molar-refractivity contribution in [2.24, 2.45) is 106 Å². The van der Waals surface area contributed by atoms with E-state index in [4.69, 9.17) is 89.3 Å². The van der Waals surface area contributed by atoms with E-state index in [1.54, 1.807) is 42.5 Å². The maximum absolute atomic E-state index is 14.9. The Kier molecular flexibility index (Phi) is 32.2. The highest BCUT2D eigenvalue weighted by molar-refractivity contribution is 9.11. The van der Waals surface area contributed by atoms with Gasteiger partial charge in [0.05, 0.1) is 25.6 Å². The van der Waals surface area contributed by atoms with Gasteiger partial charge in [0.25, 0.3) is 0 Å². The van der Waals surface area contributed by atoms with Gasteiger partial charge in [-0.3, -0.25) is 29.1 Å². The molecule has 5 aliphatic heterocycles. The molecule has 17 rings (SSSR count). The van der Waals surface area contributed by atoms with Crippen LogP contribution in [0.2, 0.25) is 19.6 Å². The maximum atomic E-state index is 14.9. The highest BCUT2D eigenvalue weighted by atomic mass is 79.9. The van der Waals surface area contributed by atoms with Crippen molar-refractivity contribution >= 4 is 176 Å². The molecule has 0 saturated heterocycles. The summed E-state index contributed by atoms with van der Waals surface area (Å²) in [5.41, 5.74) is 49.5. The Morgan fingerprint density at radius 2 is 0.704 bits per heavy atom. The van der Waals surface area contributed by atoms with Crippen molar-refractivity contribution in [2.75, 3.05) is 33.4 Å². The van der Waals surface area contributed by atoms with Crippen LogP contribution >= 0.6 is 107 Å². The molecule has 42 heteroatoms. The molecule has 5 saturated carbocycles. The fourth-order valence-corrected chi connectivity index (χ4v) is 25.8. The lowest BCUT2D eigenvalue weighted by molar-refractivity contribution is -0.119. The van der Waals surface area contributed by atoms with Gasteiger partial charge in [-0.25, -0.2) is 78.6 Å². The number of fused-ring (bicyclic) bond motifs is 5. The summed E-state index contributed by atoms with van der Waals surface area (Å²) < 4.78 is 142. The third kappa shape index (κ3) is 22.3. The van der Waals surface area contributed by atoms with Gasteiger partial charge in [-0.2, -0.15) is 5.26 Å². The van der Waals surface area contributed by atoms with Gasteiger partial charge in [0.2, 0.25) is 35.0 Å². The first kappa shape index (κ1) is 105. The molecule has 0 unspecified atom stereocenters. The van der Waals surface area contributed by atoms with Crippen molar-refractivity contribution in [1.29, 1.82) is 5.26 Å². The third-order valence-corrected chi connectivity index (χ3v) is 33.1. The Bertz CT molecular complexity index is 6260. The molecular weight excluding hydrogens is 2070 g/mol. The second kappa shape index (κ2) is 41.5. The lowest BCUT2D eigenvalue weighted by atomic mass is 9.83. The van der Waals surface area contributed by atoms with Crippen molar-refractivity contribution in [3.8, 4) is 54.6 Å². The molecule has 15 atom stereocenters. The van der Waals surface area contributed by atoms with E-state index < -0.39 is 152 Å². The average molecular weight is 2150 g/mol. The Hall–Kier alpha value is -11.0. The van der Waals surface area contributed by atoms with Gasteiger partial charge >= 0.3 is 0 Å². The predicted octanol–water partition coefficient (Wildman–Crippen LogP) is 16.2. The first-order chi connectivity index (χ1) is 63.7. The van der Waals surface area contributed by atoms with E-state index in [2.05, 4.69) is 147 Å². The van der Waals surface area contributed by atoms with Gasteiger partial charge in [0.1, 0.15) is 109 Å². The first-order valence-electron chi connectivity index (χ1n) is 40.8. The van der Waals surface area contributed by atoms with Crippen molar-refractivity contribution in [2.45, 2.75) is 135 Å². The summed E-state index contributed by atoms with van der Waals surface area (Å²) >= 11 is 15.9. The number of halogens is 13. The minimum Gasteiger partial charge on any atom is -0.378 e. The SMILES string of the molecule is C#C[Si](C)(C)C.C#Cc1ccc(F)c([C@@]2(CF)N=C(N)S[C@@]3(CC(N)=O)C[C@H]32)c1.C#Cc1ccc(F)c([C@@]2(CF)N=C(N)S[C@@]3(CC(N)=O)C[C@H]32)c1.N#CC[C@]12C[C@H]1[C@@](CF)(c1cc(Br)ccc1F)N=C(N)S2.NC(=O)C[C@]12C[C@H]1[C@@](CF)(c1cc(Br)ccc1F)N=C(N)S2.[C-]#[N+]c1ccc(Br)nc1.[C-]#[N+]c1ccc(C#Cc2ccc(F)c([C@@]3(CF)N=C(N)S[C@@]4(CC(N)=O)C[C@H]43)c2)nc1. The molecule has 135 heavy (non-hydrogen) atoms. The molecular formula is C93H86Br3F10N19O4S5Si. The van der Waals surface area contributed by atoms with Crippen LogP contribution in [0, 0.1) is 132 Å². The molecule has 2 aromatic heterocycles. The van der Waals surface area contributed by atoms with Crippen molar-refractivity contribution in [1.82, 2.24) is 9.97 Å². The quantitative estimate of drug-likeness (QED) is 0.0119. The molecule has 5 aliphatic carbocycles. The summed E-state index contributed by atoms with van der Waals surface area (Å²) in [6, 6.07) is 29.8. The highest BCUT2D eigenvalue weighted by Crippen LogP contribution is 2.72. The molecule has 7 aromatic rings. The van der Waals surface area contributed by atoms with E-state index in [0.717, 1.165) is 4.60 Å². The molecule has 5 aromatic carbocycles. The number of carbonyl (C=O) groups is 4. The number of amidine groups is 5. The Morgan fingerprint density at radius 1 is 0.430 bits per heavy atom. The van der Waals surface area contributed by atoms with E-state index in [1.165, 1.54) is 144 Å². The molecule has 23 nitrogen and oxygen atoms in total. The topological polar surface area (TPSA) is 423 Å². The van der Waals surface area contributed by atoms with Crippen molar-refractivity contribution in [3.05, 3.63) is 243 Å². The van der Waals surface area contributed by atoms with Gasteiger partial charge in [0.15, 0.2) is 25.8 Å². The number of hydrogen-bond donors (Lipinski definition) is 9. The number of nitrogens with two attached hydrogens (primary N) is 9. The zero-order valence-corrected chi connectivity index (χ0v) is 81.9. The fourth-order valence-electron chi connectivity index (χ4n) is 17.8. The predicted molar refractivity (Wildman–Crippen MR) is 524 cm³/mol. The number of aromatic nitrogens is 2. The zero-order chi connectivity index (χ0) is 99.2. The van der Waals surface area contributed by atoms with E-state index in [-0.39, 0.29) is 109 Å². The van der Waals surface area contributed by atoms with Gasteiger partial charge in [-0.15, -0.1) is 24.8 Å². The van der Waals surface area contributed by atoms with E-state index in [9.17, 15) is 63.1 Å². The number of carbonyl (C=O) groups excluding carboxylic acids is 4. The van der Waals surface area contributed by atoms with Crippen molar-refractivity contribution in [3.63, 3.8) is 0 Å². The fraction of sp³-hybridized carbons (Fsp3) is 0.355. The summed E-state index contributed by atoms with van der Waals surface area (Å²) in [4.78, 5) is 81.2. The van der Waals surface area contributed by atoms with Crippen LogP contribution < -0.4 is 51.6 Å². The van der Waals surface area contributed by atoms with Crippen LogP contribution in [0.3, 0.4) is 0 Å². The van der Waals surface area contributed by atoms with Crippen LogP contribution in [-0.4, -0.2) is 125 Å². The number of aliphatic imine (C=N–C) groups is 5. The lowest BCUT2D eigenvalue weighted by Gasteiger charge is -2.35. The smallest absolute Gasteiger partial charge is 0.218 e. The second-order valence-electron chi connectivity index (χ2n) is 34.3. The van der Waals surface area contributed by atoms with Crippen molar-refractivity contribution < 1.29 is 63.1 Å². The number of thioether (sulfide) groups is 5. The summed E-state index contributed by atoms with van der Waals surface area (Å²) in [5.74, 6) is 4.08. The number of nitriles is 1. The normalized spacial score (nSPS) is 28.4. The first-order valence-corrected chi connectivity index (χ1v) is 50.8. The standard InChI is InChI=1S/C22H17F2N5OS.2C16H15F2N3OS.C14H14BrF2N3OS.C14H12BrF2N3S.C6H3BrN2.C5H10Si/c1-27-15-6-5-14(28-11-15)4-2-13-3-7-17(24)16(8-13)22(12-23)18-9-21(18,10-19(25)30)31-20(26)29-22;2*1-2-9-3-4-11(18)10(5-9)16(8-17)12-6-15(12,7-13(19)22)23-14(20)21-16;15-7-1-2-9(17)8(3-7)14(6-16)10-4-13(10,5-11(18)21)22-12(19)20-14;15-8-1-2-10(17)9(5-8)14(7-16)11-6-13(11,3-4-18)21-12(19)20-14;1-8-5-2-3-6(7)9-4-5;1-5-6(2,3)4/h3,5-8,11,18H,9-10,12H2,(H2,25,30)(H2,26,29);2*1,3-5,12H,6-8H2,(H2,19,22)(H2,20,21);1-3,10H,4-6H2,(H2,18,21)(H2,19,20);1-2,5,11H,3,6-7H2,(H2,19,20);2-4H;1H,2-4H3/t18-,21-,22-;2*12-,15-,16-;10-,13-,14-;11-,13+,14-;;/m11111../s1. The summed E-state index contributed by atoms with van der Waals surface area (Å²) in [5, 5.41) is 9.73. The number of pyridine rings is 2. The number of terminal acetylenes is 3. The summed E-state index contributed by atoms with van der Waals surface area (Å²) in [6.07, 6.45) is 21.8. The lowest BCUT2D eigenvalue weighted by Crippen LogP contribution is -2.41. The molecule has 10 aliphatic rings. The van der Waals surface area contributed by atoms with Crippen LogP contribution in [0.5, 0.6) is 0 Å². The van der Waals surface area contributed by atoms with Gasteiger partial charge in [-0.05, 0) is 157 Å². The van der Waals surface area contributed by atoms with Gasteiger partial charge in [-0.1, -0.05) is 140 Å². The van der Waals surface area contributed by atoms with Gasteiger partial charge < -0.3 is 51.6 Å². The van der Waals surface area contributed by atoms with E-state index in [1.807, 2.05) is 0 Å². The second-order valence-corrected chi connectivity index (χ2v) is 48.9. The number of amides is 4. The average Bonchev–Trinajstić information content (AvgIpc) is 1.54. The monoisotopic (exact) mass is 2150 g/mol. The minimum atomic E-state index is -1.53. The largest absolute Gasteiger partial charge is 0.378 e. The molecule has 702 valence electrons. The molecule has 7 heterocycles. The molecule has 0 spiro atoms. The van der Waals surface area contributed by atoms with E-state index in [0.29, 0.717) is 74.8 Å². The zero-order valence-electron chi connectivity index (χ0n) is 72.1. The number of primary amides is 4. The molecule has 4 amide bonds. The molecule has 0 bridgehead atoms. The number of benzene rings is 5. The third-order valence-electron chi connectivity index (χ3n) is 24.3. The van der Waals surface area contributed by atoms with Crippen LogP contribution in [-0.2, 0) is 46.9 Å². The van der Waals surface area contributed by atoms with Gasteiger partial charge in [0, 0.05) is 145 Å². The number of hydrogen-bond acceptors (Lipinski definition) is 22. The number of rotatable bonds is 19. The number of alkyl halides is 5.